The Bertz CT molecular complexity index is 932. The molecule has 7 nitrogen and oxygen atoms in total. The Morgan fingerprint density at radius 1 is 1.28 bits per heavy atom. The Morgan fingerprint density at radius 2 is 2.03 bits per heavy atom. The van der Waals surface area contributed by atoms with E-state index in [1.807, 2.05) is 16.6 Å². The lowest BCUT2D eigenvalue weighted by molar-refractivity contribution is -0.132. The molecule has 1 aromatic heterocycles. The molecule has 0 saturated carbocycles. The Morgan fingerprint density at radius 3 is 2.75 bits per heavy atom. The summed E-state index contributed by atoms with van der Waals surface area (Å²) in [6.07, 6.45) is 4.33. The highest BCUT2D eigenvalue weighted by molar-refractivity contribution is 5.80. The largest absolute Gasteiger partial charge is 0.357 e. The number of aromatic nitrogens is 2. The SMILES string of the molecule is CCNC(=NCCCC(=O)N1CCc2ccccc2C1)N(C)Cc1cn(C)nc1C(C)C. The maximum Gasteiger partial charge on any atom is 0.222 e. The van der Waals surface area contributed by atoms with Crippen LogP contribution in [0, 0.1) is 0 Å². The molecule has 2 aromatic rings. The van der Waals surface area contributed by atoms with Crippen LogP contribution in [-0.4, -0.2) is 58.1 Å². The van der Waals surface area contributed by atoms with Crippen LogP contribution in [0.2, 0.25) is 0 Å². The van der Waals surface area contributed by atoms with Gasteiger partial charge in [-0.05, 0) is 36.8 Å². The Labute approximate surface area is 192 Å². The fourth-order valence-corrected chi connectivity index (χ4v) is 4.24. The van der Waals surface area contributed by atoms with Gasteiger partial charge in [-0.3, -0.25) is 14.5 Å². The van der Waals surface area contributed by atoms with Crippen LogP contribution in [0.15, 0.2) is 35.5 Å². The van der Waals surface area contributed by atoms with E-state index in [4.69, 9.17) is 4.99 Å². The van der Waals surface area contributed by atoms with Crippen molar-refractivity contribution in [2.24, 2.45) is 12.0 Å². The lowest BCUT2D eigenvalue weighted by Crippen LogP contribution is -2.38. The first-order valence-electron chi connectivity index (χ1n) is 11.8. The molecule has 0 unspecified atom stereocenters. The van der Waals surface area contributed by atoms with E-state index in [1.165, 1.54) is 16.7 Å². The topological polar surface area (TPSA) is 65.8 Å². The average Bonchev–Trinajstić information content (AvgIpc) is 3.15. The molecule has 174 valence electrons. The van der Waals surface area contributed by atoms with Crippen LogP contribution >= 0.6 is 0 Å². The summed E-state index contributed by atoms with van der Waals surface area (Å²) in [6, 6.07) is 8.42. The second kappa shape index (κ2) is 11.2. The number of amides is 1. The van der Waals surface area contributed by atoms with Crippen LogP contribution in [0.5, 0.6) is 0 Å². The van der Waals surface area contributed by atoms with E-state index in [0.717, 1.165) is 50.7 Å². The van der Waals surface area contributed by atoms with Crippen molar-refractivity contribution in [3.05, 3.63) is 52.8 Å². The zero-order valence-corrected chi connectivity index (χ0v) is 20.3. The van der Waals surface area contributed by atoms with Gasteiger partial charge in [-0.25, -0.2) is 0 Å². The molecule has 0 spiro atoms. The summed E-state index contributed by atoms with van der Waals surface area (Å²) in [5, 5.41) is 7.98. The fraction of sp³-hybridized carbons (Fsp3) is 0.560. The highest BCUT2D eigenvalue weighted by Crippen LogP contribution is 2.20. The lowest BCUT2D eigenvalue weighted by atomic mass is 9.99. The summed E-state index contributed by atoms with van der Waals surface area (Å²) in [5.74, 6) is 1.47. The minimum absolute atomic E-state index is 0.227. The summed E-state index contributed by atoms with van der Waals surface area (Å²) in [4.78, 5) is 21.6. The zero-order chi connectivity index (χ0) is 23.1. The van der Waals surface area contributed by atoms with Gasteiger partial charge < -0.3 is 15.1 Å². The molecule has 1 aromatic carbocycles. The number of rotatable bonds is 8. The number of hydrogen-bond acceptors (Lipinski definition) is 3. The molecular formula is C25H38N6O. The Balaban J connectivity index is 1.52. The third-order valence-electron chi connectivity index (χ3n) is 5.88. The number of fused-ring (bicyclic) bond motifs is 1. The first kappa shape index (κ1) is 23.8. The van der Waals surface area contributed by atoms with E-state index in [2.05, 4.69) is 73.6 Å². The van der Waals surface area contributed by atoms with Gasteiger partial charge in [-0.2, -0.15) is 5.10 Å². The summed E-state index contributed by atoms with van der Waals surface area (Å²) in [5.41, 5.74) is 4.99. The van der Waals surface area contributed by atoms with E-state index in [0.29, 0.717) is 18.9 Å². The Hall–Kier alpha value is -2.83. The van der Waals surface area contributed by atoms with Gasteiger partial charge in [0.05, 0.1) is 5.69 Å². The van der Waals surface area contributed by atoms with E-state index in [9.17, 15) is 4.79 Å². The van der Waals surface area contributed by atoms with Gasteiger partial charge in [-0.1, -0.05) is 38.1 Å². The molecular weight excluding hydrogens is 400 g/mol. The molecule has 0 bridgehead atoms. The summed E-state index contributed by atoms with van der Waals surface area (Å²) < 4.78 is 1.88. The molecule has 0 saturated heterocycles. The normalized spacial score (nSPS) is 13.9. The molecule has 0 radical (unpaired) electrons. The maximum atomic E-state index is 12.7. The second-order valence-electron chi connectivity index (χ2n) is 8.90. The van der Waals surface area contributed by atoms with Gasteiger partial charge in [0.2, 0.25) is 5.91 Å². The van der Waals surface area contributed by atoms with Gasteiger partial charge in [0.25, 0.3) is 0 Å². The number of carbonyl (C=O) groups is 1. The van der Waals surface area contributed by atoms with Crippen LogP contribution in [0.1, 0.15) is 61.9 Å². The minimum atomic E-state index is 0.227. The van der Waals surface area contributed by atoms with Crippen LogP contribution in [0.4, 0.5) is 0 Å². The summed E-state index contributed by atoms with van der Waals surface area (Å²) in [6.45, 7) is 10.1. The predicted molar refractivity (Wildman–Crippen MR) is 130 cm³/mol. The monoisotopic (exact) mass is 438 g/mol. The molecule has 1 N–H and O–H groups in total. The molecule has 0 fully saturated rings. The van der Waals surface area contributed by atoms with Crippen molar-refractivity contribution in [2.45, 2.75) is 59.0 Å². The van der Waals surface area contributed by atoms with Crippen LogP contribution in [0.25, 0.3) is 0 Å². The van der Waals surface area contributed by atoms with Gasteiger partial charge in [-0.15, -0.1) is 0 Å². The van der Waals surface area contributed by atoms with Crippen molar-refractivity contribution >= 4 is 11.9 Å². The number of aliphatic imine (C=N–C) groups is 1. The first-order valence-corrected chi connectivity index (χ1v) is 11.8. The molecule has 0 aliphatic carbocycles. The predicted octanol–water partition coefficient (Wildman–Crippen LogP) is 3.31. The maximum absolute atomic E-state index is 12.7. The van der Waals surface area contributed by atoms with Crippen LogP contribution in [0.3, 0.4) is 0 Å². The van der Waals surface area contributed by atoms with E-state index < -0.39 is 0 Å². The minimum Gasteiger partial charge on any atom is -0.357 e. The van der Waals surface area contributed by atoms with Gasteiger partial charge in [0, 0.05) is 65.0 Å². The van der Waals surface area contributed by atoms with Crippen molar-refractivity contribution in [3.8, 4) is 0 Å². The van der Waals surface area contributed by atoms with Gasteiger partial charge in [0.15, 0.2) is 5.96 Å². The smallest absolute Gasteiger partial charge is 0.222 e. The fourth-order valence-electron chi connectivity index (χ4n) is 4.24. The van der Waals surface area contributed by atoms with Crippen LogP contribution in [-0.2, 0) is 31.4 Å². The summed E-state index contributed by atoms with van der Waals surface area (Å²) >= 11 is 0. The van der Waals surface area contributed by atoms with Gasteiger partial charge in [0.1, 0.15) is 0 Å². The molecule has 1 aliphatic rings. The average molecular weight is 439 g/mol. The lowest BCUT2D eigenvalue weighted by Gasteiger charge is -2.29. The number of hydrogen-bond donors (Lipinski definition) is 1. The number of aryl methyl sites for hydroxylation is 1. The van der Waals surface area contributed by atoms with Crippen molar-refractivity contribution in [3.63, 3.8) is 0 Å². The molecule has 7 heteroatoms. The molecule has 1 aliphatic heterocycles. The van der Waals surface area contributed by atoms with E-state index >= 15 is 0 Å². The number of guanidine groups is 1. The molecule has 3 rings (SSSR count). The van der Waals surface area contributed by atoms with Gasteiger partial charge >= 0.3 is 0 Å². The molecule has 0 atom stereocenters. The standard InChI is InChI=1S/C25H38N6O/c1-6-26-25(29(4)16-22-17-30(5)28-24(22)19(2)3)27-14-9-12-23(32)31-15-13-20-10-7-8-11-21(20)18-31/h7-8,10-11,17,19H,6,9,12-16,18H2,1-5H3,(H,26,27). The van der Waals surface area contributed by atoms with E-state index in [1.54, 1.807) is 0 Å². The number of nitrogens with one attached hydrogen (secondary N) is 1. The molecule has 1 amide bonds. The second-order valence-corrected chi connectivity index (χ2v) is 8.90. The quantitative estimate of drug-likeness (QED) is 0.390. The van der Waals surface area contributed by atoms with Crippen molar-refractivity contribution < 1.29 is 4.79 Å². The Kier molecular flexibility index (Phi) is 8.31. The highest BCUT2D eigenvalue weighted by Gasteiger charge is 2.20. The third kappa shape index (κ3) is 6.11. The van der Waals surface area contributed by atoms with Crippen molar-refractivity contribution in [1.29, 1.82) is 0 Å². The molecule has 2 heterocycles. The summed E-state index contributed by atoms with van der Waals surface area (Å²) in [7, 11) is 4.02. The first-order chi connectivity index (χ1) is 15.4. The van der Waals surface area contributed by atoms with Crippen molar-refractivity contribution in [1.82, 2.24) is 24.9 Å². The number of carbonyl (C=O) groups excluding carboxylic acids is 1. The third-order valence-corrected chi connectivity index (χ3v) is 5.88. The van der Waals surface area contributed by atoms with Crippen molar-refractivity contribution in [2.75, 3.05) is 26.7 Å². The number of nitrogens with zero attached hydrogens (tertiary/aromatic N) is 5. The number of benzene rings is 1. The van der Waals surface area contributed by atoms with Crippen LogP contribution < -0.4 is 5.32 Å². The highest BCUT2D eigenvalue weighted by atomic mass is 16.2. The molecule has 32 heavy (non-hydrogen) atoms. The zero-order valence-electron chi connectivity index (χ0n) is 20.3. The van der Waals surface area contributed by atoms with E-state index in [-0.39, 0.29) is 5.91 Å².